The summed E-state index contributed by atoms with van der Waals surface area (Å²) in [4.78, 5) is 22.3. The van der Waals surface area contributed by atoms with Crippen LogP contribution in [0.2, 0.25) is 0 Å². The summed E-state index contributed by atoms with van der Waals surface area (Å²) in [7, 11) is 1.79. The van der Waals surface area contributed by atoms with E-state index < -0.39 is 0 Å². The minimum Gasteiger partial charge on any atom is -0.379 e. The standard InChI is InChI=1S/C19H24N4O2/c1-3-23(2)19(24)15-4-5-18(21-11-15)22-17-13-25-12-16(17)10-14-6-8-20-9-7-14/h4-9,11,16-17H,3,10,12-13H2,1-2H3,(H,21,22). The van der Waals surface area contributed by atoms with Crippen molar-refractivity contribution in [1.29, 1.82) is 0 Å². The van der Waals surface area contributed by atoms with Crippen molar-refractivity contribution in [1.82, 2.24) is 14.9 Å². The molecule has 0 bridgehead atoms. The third kappa shape index (κ3) is 4.33. The molecule has 1 saturated heterocycles. The minimum atomic E-state index is -0.0127. The Labute approximate surface area is 148 Å². The molecule has 2 unspecified atom stereocenters. The lowest BCUT2D eigenvalue weighted by Gasteiger charge is -2.20. The van der Waals surface area contributed by atoms with Crippen LogP contribution in [0, 0.1) is 5.92 Å². The molecule has 25 heavy (non-hydrogen) atoms. The van der Waals surface area contributed by atoms with E-state index in [0.717, 1.165) is 18.8 Å². The SMILES string of the molecule is CCN(C)C(=O)c1ccc(NC2COCC2Cc2ccncc2)nc1. The average Bonchev–Trinajstić information content (AvgIpc) is 3.08. The first kappa shape index (κ1) is 17.4. The highest BCUT2D eigenvalue weighted by molar-refractivity contribution is 5.93. The van der Waals surface area contributed by atoms with E-state index in [9.17, 15) is 4.79 Å². The number of anilines is 1. The van der Waals surface area contributed by atoms with Gasteiger partial charge < -0.3 is 15.0 Å². The van der Waals surface area contributed by atoms with E-state index in [1.807, 2.05) is 43.6 Å². The third-order valence-electron chi connectivity index (χ3n) is 4.61. The van der Waals surface area contributed by atoms with Gasteiger partial charge in [0.25, 0.3) is 5.91 Å². The van der Waals surface area contributed by atoms with Crippen LogP contribution in [-0.4, -0.2) is 53.6 Å². The van der Waals surface area contributed by atoms with Gasteiger partial charge in [0, 0.05) is 38.1 Å². The normalized spacial score (nSPS) is 19.6. The predicted octanol–water partition coefficient (Wildman–Crippen LogP) is 2.24. The lowest BCUT2D eigenvalue weighted by Crippen LogP contribution is -2.30. The molecule has 2 atom stereocenters. The maximum Gasteiger partial charge on any atom is 0.255 e. The lowest BCUT2D eigenvalue weighted by molar-refractivity contribution is 0.0802. The highest BCUT2D eigenvalue weighted by Gasteiger charge is 2.28. The number of hydrogen-bond acceptors (Lipinski definition) is 5. The molecule has 0 aromatic carbocycles. The van der Waals surface area contributed by atoms with Crippen LogP contribution >= 0.6 is 0 Å². The highest BCUT2D eigenvalue weighted by Crippen LogP contribution is 2.22. The molecule has 1 fully saturated rings. The number of carbonyl (C=O) groups is 1. The quantitative estimate of drug-likeness (QED) is 0.873. The minimum absolute atomic E-state index is 0.0127. The van der Waals surface area contributed by atoms with Gasteiger partial charge in [0.1, 0.15) is 5.82 Å². The number of rotatable bonds is 6. The topological polar surface area (TPSA) is 67.4 Å². The number of amides is 1. The zero-order valence-electron chi connectivity index (χ0n) is 14.7. The predicted molar refractivity (Wildman–Crippen MR) is 96.5 cm³/mol. The van der Waals surface area contributed by atoms with Gasteiger partial charge in [0.15, 0.2) is 0 Å². The molecule has 6 nitrogen and oxygen atoms in total. The summed E-state index contributed by atoms with van der Waals surface area (Å²) in [5.41, 5.74) is 1.86. The van der Waals surface area contributed by atoms with Crippen molar-refractivity contribution in [2.75, 3.05) is 32.1 Å². The van der Waals surface area contributed by atoms with Crippen LogP contribution in [0.4, 0.5) is 5.82 Å². The Kier molecular flexibility index (Phi) is 5.60. The monoisotopic (exact) mass is 340 g/mol. The number of aromatic nitrogens is 2. The Morgan fingerprint density at radius 1 is 1.28 bits per heavy atom. The van der Waals surface area contributed by atoms with Crippen molar-refractivity contribution >= 4 is 11.7 Å². The molecule has 2 aromatic rings. The molecule has 0 aliphatic carbocycles. The number of pyridine rings is 2. The van der Waals surface area contributed by atoms with Crippen LogP contribution in [-0.2, 0) is 11.2 Å². The molecule has 1 amide bonds. The van der Waals surface area contributed by atoms with E-state index in [-0.39, 0.29) is 11.9 Å². The van der Waals surface area contributed by atoms with Crippen molar-refractivity contribution < 1.29 is 9.53 Å². The highest BCUT2D eigenvalue weighted by atomic mass is 16.5. The van der Waals surface area contributed by atoms with Gasteiger partial charge in [-0.15, -0.1) is 0 Å². The summed E-state index contributed by atoms with van der Waals surface area (Å²) in [6.45, 7) is 4.02. The van der Waals surface area contributed by atoms with Crippen molar-refractivity contribution in [3.05, 3.63) is 54.0 Å². The fourth-order valence-corrected chi connectivity index (χ4v) is 2.94. The second kappa shape index (κ2) is 8.07. The number of nitrogens with zero attached hydrogens (tertiary/aromatic N) is 3. The number of nitrogens with one attached hydrogen (secondary N) is 1. The lowest BCUT2D eigenvalue weighted by atomic mass is 9.95. The molecule has 0 spiro atoms. The molecule has 1 aliphatic rings. The molecular formula is C19H24N4O2. The van der Waals surface area contributed by atoms with Gasteiger partial charge in [-0.25, -0.2) is 4.98 Å². The van der Waals surface area contributed by atoms with Crippen molar-refractivity contribution in [3.63, 3.8) is 0 Å². The molecule has 0 saturated carbocycles. The molecule has 1 N–H and O–H groups in total. The molecule has 3 rings (SSSR count). The second-order valence-electron chi connectivity index (χ2n) is 6.36. The Bertz CT molecular complexity index is 690. The summed E-state index contributed by atoms with van der Waals surface area (Å²) < 4.78 is 5.66. The van der Waals surface area contributed by atoms with Crippen LogP contribution in [0.15, 0.2) is 42.9 Å². The van der Waals surface area contributed by atoms with E-state index in [1.165, 1.54) is 5.56 Å². The summed E-state index contributed by atoms with van der Waals surface area (Å²) in [6, 6.07) is 7.97. The van der Waals surface area contributed by atoms with Crippen molar-refractivity contribution in [2.24, 2.45) is 5.92 Å². The van der Waals surface area contributed by atoms with Gasteiger partial charge in [0.2, 0.25) is 0 Å². The Hall–Kier alpha value is -2.47. The largest absolute Gasteiger partial charge is 0.379 e. The second-order valence-corrected chi connectivity index (χ2v) is 6.36. The zero-order valence-corrected chi connectivity index (χ0v) is 14.7. The first-order valence-corrected chi connectivity index (χ1v) is 8.62. The molecule has 0 radical (unpaired) electrons. The van der Waals surface area contributed by atoms with E-state index in [2.05, 4.69) is 15.3 Å². The van der Waals surface area contributed by atoms with Crippen LogP contribution in [0.3, 0.4) is 0 Å². The van der Waals surface area contributed by atoms with Gasteiger partial charge in [-0.3, -0.25) is 9.78 Å². The van der Waals surface area contributed by atoms with Crippen molar-refractivity contribution in [2.45, 2.75) is 19.4 Å². The van der Waals surface area contributed by atoms with E-state index in [1.54, 1.807) is 18.1 Å². The molecule has 132 valence electrons. The molecule has 1 aliphatic heterocycles. The first-order valence-electron chi connectivity index (χ1n) is 8.62. The molecule has 3 heterocycles. The van der Waals surface area contributed by atoms with E-state index in [0.29, 0.717) is 24.6 Å². The Morgan fingerprint density at radius 2 is 2.08 bits per heavy atom. The zero-order chi connectivity index (χ0) is 17.6. The van der Waals surface area contributed by atoms with Gasteiger partial charge >= 0.3 is 0 Å². The molecule has 6 heteroatoms. The summed E-state index contributed by atoms with van der Waals surface area (Å²) in [5.74, 6) is 1.14. The Balaban J connectivity index is 1.62. The fourth-order valence-electron chi connectivity index (χ4n) is 2.94. The number of carbonyl (C=O) groups excluding carboxylic acids is 1. The van der Waals surface area contributed by atoms with E-state index >= 15 is 0 Å². The summed E-state index contributed by atoms with van der Waals surface area (Å²) >= 11 is 0. The van der Waals surface area contributed by atoms with Gasteiger partial charge in [-0.1, -0.05) is 0 Å². The maximum atomic E-state index is 12.1. The Morgan fingerprint density at radius 3 is 2.76 bits per heavy atom. The number of hydrogen-bond donors (Lipinski definition) is 1. The maximum absolute atomic E-state index is 12.1. The van der Waals surface area contributed by atoms with Gasteiger partial charge in [0.05, 0.1) is 24.8 Å². The van der Waals surface area contributed by atoms with Crippen LogP contribution in [0.5, 0.6) is 0 Å². The van der Waals surface area contributed by atoms with Gasteiger partial charge in [-0.2, -0.15) is 0 Å². The smallest absolute Gasteiger partial charge is 0.255 e. The molecular weight excluding hydrogens is 316 g/mol. The van der Waals surface area contributed by atoms with Crippen LogP contribution < -0.4 is 5.32 Å². The van der Waals surface area contributed by atoms with Gasteiger partial charge in [-0.05, 0) is 43.2 Å². The summed E-state index contributed by atoms with van der Waals surface area (Å²) in [6.07, 6.45) is 6.21. The van der Waals surface area contributed by atoms with Crippen LogP contribution in [0.1, 0.15) is 22.8 Å². The fraction of sp³-hybridized carbons (Fsp3) is 0.421. The average molecular weight is 340 g/mol. The van der Waals surface area contributed by atoms with Crippen molar-refractivity contribution in [3.8, 4) is 0 Å². The van der Waals surface area contributed by atoms with Crippen LogP contribution in [0.25, 0.3) is 0 Å². The number of ether oxygens (including phenoxy) is 1. The third-order valence-corrected chi connectivity index (χ3v) is 4.61. The summed E-state index contributed by atoms with van der Waals surface area (Å²) in [5, 5.41) is 3.44. The molecule has 2 aromatic heterocycles. The first-order chi connectivity index (χ1) is 12.2. The van der Waals surface area contributed by atoms with E-state index in [4.69, 9.17) is 4.74 Å².